The highest BCUT2D eigenvalue weighted by Crippen LogP contribution is 2.43. The lowest BCUT2D eigenvalue weighted by atomic mass is 9.97. The molecular weight excluding hydrogens is 422 g/mol. The lowest BCUT2D eigenvalue weighted by molar-refractivity contribution is 0.102. The van der Waals surface area contributed by atoms with Crippen molar-refractivity contribution in [3.05, 3.63) is 96.1 Å². The first-order valence-electron chi connectivity index (χ1n) is 11.2. The van der Waals surface area contributed by atoms with E-state index in [9.17, 15) is 4.79 Å². The molecule has 0 radical (unpaired) electrons. The third-order valence-corrected chi connectivity index (χ3v) is 5.75. The molecule has 0 aliphatic carbocycles. The van der Waals surface area contributed by atoms with E-state index in [4.69, 9.17) is 11.1 Å². The molecular formula is C28H29N5O. The number of nitrogens with zero attached hydrogens (tertiary/aromatic N) is 1. The fourth-order valence-corrected chi connectivity index (χ4v) is 4.26. The van der Waals surface area contributed by atoms with Crippen molar-refractivity contribution < 1.29 is 4.79 Å². The number of anilines is 2. The van der Waals surface area contributed by atoms with Crippen molar-refractivity contribution in [1.82, 2.24) is 4.57 Å². The molecule has 4 rings (SSSR count). The monoisotopic (exact) mass is 451 g/mol. The Morgan fingerprint density at radius 3 is 1.94 bits per heavy atom. The third kappa shape index (κ3) is 4.30. The summed E-state index contributed by atoms with van der Waals surface area (Å²) in [7, 11) is 1.84. The maximum Gasteiger partial charge on any atom is 0.260 e. The molecule has 0 atom stereocenters. The Hall–Kier alpha value is -4.32. The molecule has 6 nitrogen and oxygen atoms in total. The van der Waals surface area contributed by atoms with Crippen molar-refractivity contribution in [3.63, 3.8) is 0 Å². The molecule has 0 aliphatic rings. The van der Waals surface area contributed by atoms with E-state index >= 15 is 0 Å². The van der Waals surface area contributed by atoms with Gasteiger partial charge in [-0.15, -0.1) is 0 Å². The molecule has 5 N–H and O–H groups in total. The van der Waals surface area contributed by atoms with Crippen LogP contribution in [-0.2, 0) is 0 Å². The summed E-state index contributed by atoms with van der Waals surface area (Å²) in [6.07, 6.45) is 0. The normalized spacial score (nSPS) is 10.8. The number of carbonyl (C=O) groups excluding carboxylic acids is 1. The topological polar surface area (TPSA) is 95.9 Å². The number of benzene rings is 3. The lowest BCUT2D eigenvalue weighted by Crippen LogP contribution is -2.16. The summed E-state index contributed by atoms with van der Waals surface area (Å²) in [5.41, 5.74) is 11.3. The first-order chi connectivity index (χ1) is 16.4. The number of nitrogens with two attached hydrogens (primary N) is 1. The van der Waals surface area contributed by atoms with Gasteiger partial charge in [0.2, 0.25) is 0 Å². The van der Waals surface area contributed by atoms with Crippen LogP contribution in [0.2, 0.25) is 0 Å². The molecule has 6 heteroatoms. The predicted octanol–water partition coefficient (Wildman–Crippen LogP) is 5.98. The van der Waals surface area contributed by atoms with Crippen LogP contribution >= 0.6 is 0 Å². The molecule has 0 fully saturated rings. The minimum absolute atomic E-state index is 0.0109. The van der Waals surface area contributed by atoms with Crippen LogP contribution in [0.4, 0.5) is 11.5 Å². The highest BCUT2D eigenvalue weighted by atomic mass is 16.1. The Bertz CT molecular complexity index is 1310. The van der Waals surface area contributed by atoms with E-state index in [-0.39, 0.29) is 17.8 Å². The molecule has 0 saturated heterocycles. The second kappa shape index (κ2) is 9.67. The summed E-state index contributed by atoms with van der Waals surface area (Å²) in [6, 6.07) is 27.2. The predicted molar refractivity (Wildman–Crippen MR) is 141 cm³/mol. The molecule has 1 aromatic heterocycles. The van der Waals surface area contributed by atoms with Crippen LogP contribution in [0.3, 0.4) is 0 Å². The molecule has 0 aliphatic heterocycles. The van der Waals surface area contributed by atoms with E-state index in [0.717, 1.165) is 28.2 Å². The number of nitrogens with one attached hydrogen (secondary N) is 3. The smallest absolute Gasteiger partial charge is 0.260 e. The summed E-state index contributed by atoms with van der Waals surface area (Å²) in [5, 5.41) is 13.9. The van der Waals surface area contributed by atoms with Gasteiger partial charge in [0.1, 0.15) is 11.7 Å². The zero-order valence-corrected chi connectivity index (χ0v) is 19.6. The largest absolute Gasteiger partial charge is 0.384 e. The molecule has 0 saturated carbocycles. The number of hydrogen-bond donors (Lipinski definition) is 4. The maximum atomic E-state index is 13.8. The fraction of sp³-hybridized carbons (Fsp3) is 0.143. The molecule has 172 valence electrons. The Balaban J connectivity index is 1.94. The Morgan fingerprint density at radius 2 is 1.44 bits per heavy atom. The van der Waals surface area contributed by atoms with Crippen molar-refractivity contribution in [2.24, 2.45) is 5.73 Å². The van der Waals surface area contributed by atoms with Gasteiger partial charge in [0.25, 0.3) is 5.91 Å². The Morgan fingerprint density at radius 1 is 0.882 bits per heavy atom. The van der Waals surface area contributed by atoms with Gasteiger partial charge in [0, 0.05) is 29.9 Å². The van der Waals surface area contributed by atoms with Crippen LogP contribution < -0.4 is 16.4 Å². The van der Waals surface area contributed by atoms with Gasteiger partial charge in [-0.25, -0.2) is 0 Å². The third-order valence-electron chi connectivity index (χ3n) is 5.75. The summed E-state index contributed by atoms with van der Waals surface area (Å²) in [6.45, 7) is 4.23. The number of carbonyl (C=O) groups is 1. The molecule has 0 spiro atoms. The summed E-state index contributed by atoms with van der Waals surface area (Å²) >= 11 is 0. The second-order valence-electron chi connectivity index (χ2n) is 8.34. The van der Waals surface area contributed by atoms with Gasteiger partial charge in [0.05, 0.1) is 11.3 Å². The van der Waals surface area contributed by atoms with E-state index < -0.39 is 0 Å². The average Bonchev–Trinajstić information content (AvgIpc) is 3.21. The van der Waals surface area contributed by atoms with Gasteiger partial charge in [-0.2, -0.15) is 0 Å². The quantitative estimate of drug-likeness (QED) is 0.206. The molecule has 1 amide bonds. The Kier molecular flexibility index (Phi) is 6.50. The van der Waals surface area contributed by atoms with E-state index in [1.165, 1.54) is 0 Å². The minimum atomic E-state index is -0.213. The van der Waals surface area contributed by atoms with Crippen LogP contribution in [0.1, 0.15) is 35.8 Å². The fourth-order valence-electron chi connectivity index (χ4n) is 4.26. The maximum absolute atomic E-state index is 13.8. The zero-order chi connectivity index (χ0) is 24.2. The van der Waals surface area contributed by atoms with Crippen molar-refractivity contribution in [2.75, 3.05) is 17.7 Å². The number of aromatic nitrogens is 1. The summed E-state index contributed by atoms with van der Waals surface area (Å²) in [4.78, 5) is 13.8. The number of nitrogen functional groups attached to an aromatic ring is 1. The zero-order valence-electron chi connectivity index (χ0n) is 19.6. The van der Waals surface area contributed by atoms with Gasteiger partial charge in [-0.05, 0) is 49.2 Å². The van der Waals surface area contributed by atoms with Crippen LogP contribution in [-0.4, -0.2) is 23.4 Å². The number of amides is 1. The van der Waals surface area contributed by atoms with Crippen LogP contribution in [0.5, 0.6) is 0 Å². The van der Waals surface area contributed by atoms with Crippen LogP contribution in [0, 0.1) is 5.41 Å². The van der Waals surface area contributed by atoms with Gasteiger partial charge in [-0.1, -0.05) is 60.7 Å². The number of hydrogen-bond acceptors (Lipinski definition) is 3. The standard InChI is InChI=1S/C28H29N5O/c1-18(2)33-25(20-12-8-5-9-13-20)23(19-10-6-4-7-11-19)24(27(33)31-3)28(34)32-22-16-14-21(15-17-22)26(29)30/h4-18,31H,1-3H3,(H3,29,30)(H,32,34). The molecule has 4 aromatic rings. The number of rotatable bonds is 7. The van der Waals surface area contributed by atoms with E-state index in [1.807, 2.05) is 55.6 Å². The molecule has 34 heavy (non-hydrogen) atoms. The summed E-state index contributed by atoms with van der Waals surface area (Å²) < 4.78 is 2.19. The second-order valence-corrected chi connectivity index (χ2v) is 8.34. The SMILES string of the molecule is CNc1c(C(=O)Nc2ccc(C(=N)N)cc2)c(-c2ccccc2)c(-c2ccccc2)n1C(C)C. The Labute approximate surface area is 199 Å². The van der Waals surface area contributed by atoms with E-state index in [1.54, 1.807) is 24.3 Å². The van der Waals surface area contributed by atoms with Crippen molar-refractivity contribution in [2.45, 2.75) is 19.9 Å². The molecule has 0 bridgehead atoms. The number of amidine groups is 1. The average molecular weight is 452 g/mol. The van der Waals surface area contributed by atoms with Crippen molar-refractivity contribution >= 4 is 23.2 Å². The first kappa shape index (κ1) is 22.9. The molecule has 3 aromatic carbocycles. The molecule has 0 unspecified atom stereocenters. The van der Waals surface area contributed by atoms with Gasteiger partial charge in [-0.3, -0.25) is 10.2 Å². The lowest BCUT2D eigenvalue weighted by Gasteiger charge is -2.18. The first-order valence-corrected chi connectivity index (χ1v) is 11.2. The van der Waals surface area contributed by atoms with E-state index in [2.05, 4.69) is 41.2 Å². The van der Waals surface area contributed by atoms with Crippen LogP contribution in [0.25, 0.3) is 22.4 Å². The van der Waals surface area contributed by atoms with Crippen LogP contribution in [0.15, 0.2) is 84.9 Å². The highest BCUT2D eigenvalue weighted by Gasteiger charge is 2.29. The van der Waals surface area contributed by atoms with Gasteiger partial charge in [0.15, 0.2) is 0 Å². The minimum Gasteiger partial charge on any atom is -0.384 e. The van der Waals surface area contributed by atoms with Crippen molar-refractivity contribution in [1.29, 1.82) is 5.41 Å². The summed E-state index contributed by atoms with van der Waals surface area (Å²) in [5.74, 6) is 0.532. The van der Waals surface area contributed by atoms with Gasteiger partial charge < -0.3 is 20.9 Å². The van der Waals surface area contributed by atoms with Crippen molar-refractivity contribution in [3.8, 4) is 22.4 Å². The highest BCUT2D eigenvalue weighted by molar-refractivity contribution is 6.15. The molecule has 1 heterocycles. The van der Waals surface area contributed by atoms with Gasteiger partial charge >= 0.3 is 0 Å². The van der Waals surface area contributed by atoms with E-state index in [0.29, 0.717) is 16.8 Å².